The van der Waals surface area contributed by atoms with Crippen molar-refractivity contribution < 1.29 is 9.59 Å². The SMILES string of the molecule is Nc1cccc(C(=O)C(=O)C2CCCCC2)c1. The van der Waals surface area contributed by atoms with Gasteiger partial charge in [0.05, 0.1) is 0 Å². The number of hydrogen-bond donors (Lipinski definition) is 1. The van der Waals surface area contributed by atoms with Gasteiger partial charge in [0.2, 0.25) is 11.6 Å². The van der Waals surface area contributed by atoms with Crippen molar-refractivity contribution in [3.63, 3.8) is 0 Å². The highest BCUT2D eigenvalue weighted by molar-refractivity contribution is 6.44. The van der Waals surface area contributed by atoms with Gasteiger partial charge >= 0.3 is 0 Å². The zero-order valence-electron chi connectivity index (χ0n) is 9.82. The maximum absolute atomic E-state index is 12.0. The summed E-state index contributed by atoms with van der Waals surface area (Å²) < 4.78 is 0. The van der Waals surface area contributed by atoms with Crippen LogP contribution in [0.3, 0.4) is 0 Å². The highest BCUT2D eigenvalue weighted by atomic mass is 16.2. The van der Waals surface area contributed by atoms with Gasteiger partial charge in [-0.25, -0.2) is 0 Å². The standard InChI is InChI=1S/C14H17NO2/c15-12-8-4-7-11(9-12)14(17)13(16)10-5-2-1-3-6-10/h4,7-10H,1-3,5-6,15H2. The zero-order chi connectivity index (χ0) is 12.3. The molecule has 0 aliphatic heterocycles. The summed E-state index contributed by atoms with van der Waals surface area (Å²) in [6.07, 6.45) is 5.00. The number of ketones is 2. The average molecular weight is 231 g/mol. The van der Waals surface area contributed by atoms with Crippen LogP contribution in [0.4, 0.5) is 5.69 Å². The molecule has 2 N–H and O–H groups in total. The minimum atomic E-state index is -0.385. The second kappa shape index (κ2) is 5.13. The molecule has 1 saturated carbocycles. The Labute approximate surface area is 101 Å². The Morgan fingerprint density at radius 3 is 2.47 bits per heavy atom. The molecule has 1 aromatic rings. The number of Topliss-reactive ketones (excluding diaryl/α,β-unsaturated/α-hetero) is 2. The molecule has 0 saturated heterocycles. The van der Waals surface area contributed by atoms with Gasteiger partial charge in [0.25, 0.3) is 0 Å². The zero-order valence-corrected chi connectivity index (χ0v) is 9.82. The number of carbonyl (C=O) groups is 2. The van der Waals surface area contributed by atoms with Gasteiger partial charge in [-0.15, -0.1) is 0 Å². The van der Waals surface area contributed by atoms with Crippen molar-refractivity contribution in [3.8, 4) is 0 Å². The molecule has 3 heteroatoms. The molecule has 90 valence electrons. The molecule has 0 amide bonds. The first-order valence-corrected chi connectivity index (χ1v) is 6.12. The van der Waals surface area contributed by atoms with Crippen LogP contribution in [-0.2, 0) is 4.79 Å². The fourth-order valence-electron chi connectivity index (χ4n) is 2.37. The number of nitrogen functional groups attached to an aromatic ring is 1. The molecular weight excluding hydrogens is 214 g/mol. The van der Waals surface area contributed by atoms with Crippen molar-refractivity contribution in [3.05, 3.63) is 29.8 Å². The lowest BCUT2D eigenvalue weighted by Crippen LogP contribution is -2.25. The van der Waals surface area contributed by atoms with E-state index in [1.807, 2.05) is 0 Å². The maximum Gasteiger partial charge on any atom is 0.228 e. The summed E-state index contributed by atoms with van der Waals surface area (Å²) in [5.41, 5.74) is 6.55. The number of benzene rings is 1. The van der Waals surface area contributed by atoms with Crippen molar-refractivity contribution in [1.29, 1.82) is 0 Å². The maximum atomic E-state index is 12.0. The number of hydrogen-bond acceptors (Lipinski definition) is 3. The number of nitrogens with two attached hydrogens (primary N) is 1. The first kappa shape index (κ1) is 11.8. The summed E-state index contributed by atoms with van der Waals surface area (Å²) in [5.74, 6) is -0.697. The molecule has 1 aliphatic carbocycles. The van der Waals surface area contributed by atoms with Gasteiger partial charge < -0.3 is 5.73 Å². The van der Waals surface area contributed by atoms with E-state index in [0.29, 0.717) is 11.3 Å². The Balaban J connectivity index is 2.11. The third-order valence-electron chi connectivity index (χ3n) is 3.35. The van der Waals surface area contributed by atoms with Gasteiger partial charge in [0.15, 0.2) is 0 Å². The van der Waals surface area contributed by atoms with Crippen molar-refractivity contribution in [1.82, 2.24) is 0 Å². The Bertz CT molecular complexity index is 434. The van der Waals surface area contributed by atoms with Gasteiger partial charge in [-0.1, -0.05) is 31.4 Å². The van der Waals surface area contributed by atoms with Crippen LogP contribution < -0.4 is 5.73 Å². The average Bonchev–Trinajstić information content (AvgIpc) is 2.38. The Morgan fingerprint density at radius 1 is 1.12 bits per heavy atom. The predicted molar refractivity (Wildman–Crippen MR) is 66.8 cm³/mol. The first-order valence-electron chi connectivity index (χ1n) is 6.12. The number of carbonyl (C=O) groups excluding carboxylic acids is 2. The normalized spacial score (nSPS) is 16.7. The van der Waals surface area contributed by atoms with E-state index in [9.17, 15) is 9.59 Å². The van der Waals surface area contributed by atoms with Crippen molar-refractivity contribution in [2.75, 3.05) is 5.73 Å². The molecule has 1 aliphatic rings. The monoisotopic (exact) mass is 231 g/mol. The van der Waals surface area contributed by atoms with Crippen molar-refractivity contribution >= 4 is 17.3 Å². The van der Waals surface area contributed by atoms with Gasteiger partial charge in [0.1, 0.15) is 0 Å². The van der Waals surface area contributed by atoms with E-state index in [2.05, 4.69) is 0 Å². The minimum absolute atomic E-state index is 0.0716. The van der Waals surface area contributed by atoms with E-state index in [1.165, 1.54) is 6.42 Å². The lowest BCUT2D eigenvalue weighted by atomic mass is 9.84. The van der Waals surface area contributed by atoms with Crippen LogP contribution in [0, 0.1) is 5.92 Å². The van der Waals surface area contributed by atoms with E-state index in [4.69, 9.17) is 5.73 Å². The van der Waals surface area contributed by atoms with E-state index in [0.717, 1.165) is 25.7 Å². The van der Waals surface area contributed by atoms with Gasteiger partial charge in [-0.3, -0.25) is 9.59 Å². The van der Waals surface area contributed by atoms with E-state index in [1.54, 1.807) is 24.3 Å². The first-order chi connectivity index (χ1) is 8.18. The van der Waals surface area contributed by atoms with E-state index in [-0.39, 0.29) is 17.5 Å². The molecule has 1 fully saturated rings. The number of rotatable bonds is 3. The van der Waals surface area contributed by atoms with Gasteiger partial charge in [-0.2, -0.15) is 0 Å². The predicted octanol–water partition coefficient (Wildman–Crippen LogP) is 2.60. The van der Waals surface area contributed by atoms with Gasteiger partial charge in [0, 0.05) is 17.2 Å². The summed E-state index contributed by atoms with van der Waals surface area (Å²) in [5, 5.41) is 0. The fourth-order valence-corrected chi connectivity index (χ4v) is 2.37. The molecule has 0 heterocycles. The number of anilines is 1. The van der Waals surface area contributed by atoms with E-state index < -0.39 is 0 Å². The van der Waals surface area contributed by atoms with Crippen molar-refractivity contribution in [2.45, 2.75) is 32.1 Å². The molecule has 0 bridgehead atoms. The van der Waals surface area contributed by atoms with Gasteiger partial charge in [-0.05, 0) is 25.0 Å². The Morgan fingerprint density at radius 2 is 1.82 bits per heavy atom. The fraction of sp³-hybridized carbons (Fsp3) is 0.429. The summed E-state index contributed by atoms with van der Waals surface area (Å²) >= 11 is 0. The van der Waals surface area contributed by atoms with Crippen LogP contribution in [0.2, 0.25) is 0 Å². The molecular formula is C14H17NO2. The molecule has 1 aromatic carbocycles. The van der Waals surface area contributed by atoms with Crippen LogP contribution in [0.1, 0.15) is 42.5 Å². The molecule has 0 radical (unpaired) electrons. The minimum Gasteiger partial charge on any atom is -0.399 e. The molecule has 0 aromatic heterocycles. The molecule has 0 atom stereocenters. The van der Waals surface area contributed by atoms with Crippen LogP contribution in [-0.4, -0.2) is 11.6 Å². The summed E-state index contributed by atoms with van der Waals surface area (Å²) in [6.45, 7) is 0. The van der Waals surface area contributed by atoms with Crippen LogP contribution in [0.25, 0.3) is 0 Å². The Kier molecular flexibility index (Phi) is 3.57. The second-order valence-corrected chi connectivity index (χ2v) is 4.65. The largest absolute Gasteiger partial charge is 0.399 e. The lowest BCUT2D eigenvalue weighted by Gasteiger charge is -2.19. The molecule has 0 unspecified atom stereocenters. The quantitative estimate of drug-likeness (QED) is 0.494. The summed E-state index contributed by atoms with van der Waals surface area (Å²) in [4.78, 5) is 24.0. The third kappa shape index (κ3) is 2.73. The topological polar surface area (TPSA) is 60.2 Å². The lowest BCUT2D eigenvalue weighted by molar-refractivity contribution is -0.119. The molecule has 0 spiro atoms. The highest BCUT2D eigenvalue weighted by Crippen LogP contribution is 2.25. The van der Waals surface area contributed by atoms with Crippen LogP contribution >= 0.6 is 0 Å². The second-order valence-electron chi connectivity index (χ2n) is 4.65. The van der Waals surface area contributed by atoms with Crippen LogP contribution in [0.15, 0.2) is 24.3 Å². The van der Waals surface area contributed by atoms with Crippen LogP contribution in [0.5, 0.6) is 0 Å². The third-order valence-corrected chi connectivity index (χ3v) is 3.35. The summed E-state index contributed by atoms with van der Waals surface area (Å²) in [7, 11) is 0. The molecule has 17 heavy (non-hydrogen) atoms. The molecule has 3 nitrogen and oxygen atoms in total. The Hall–Kier alpha value is -1.64. The smallest absolute Gasteiger partial charge is 0.228 e. The van der Waals surface area contributed by atoms with Crippen molar-refractivity contribution in [2.24, 2.45) is 5.92 Å². The summed E-state index contributed by atoms with van der Waals surface area (Å²) in [6, 6.07) is 6.64. The van der Waals surface area contributed by atoms with E-state index >= 15 is 0 Å². The molecule has 2 rings (SSSR count). The highest BCUT2D eigenvalue weighted by Gasteiger charge is 2.27.